The van der Waals surface area contributed by atoms with Gasteiger partial charge in [-0.25, -0.2) is 12.8 Å². The van der Waals surface area contributed by atoms with Crippen molar-refractivity contribution in [3.8, 4) is 0 Å². The van der Waals surface area contributed by atoms with Gasteiger partial charge in [-0.15, -0.1) is 5.10 Å². The van der Waals surface area contributed by atoms with Gasteiger partial charge in [0, 0.05) is 31.7 Å². The van der Waals surface area contributed by atoms with Crippen LogP contribution in [0, 0.1) is 5.82 Å². The molecule has 0 amide bonds. The van der Waals surface area contributed by atoms with Gasteiger partial charge in [-0.1, -0.05) is 18.2 Å². The van der Waals surface area contributed by atoms with E-state index < -0.39 is 15.8 Å². The molecule has 1 aromatic heterocycles. The lowest BCUT2D eigenvalue weighted by Crippen LogP contribution is -2.49. The van der Waals surface area contributed by atoms with Crippen LogP contribution in [0.4, 0.5) is 10.2 Å². The molecule has 6 nitrogen and oxygen atoms in total. The second kappa shape index (κ2) is 6.92. The van der Waals surface area contributed by atoms with Gasteiger partial charge >= 0.3 is 0 Å². The predicted molar refractivity (Wildman–Crippen MR) is 96.9 cm³/mol. The zero-order chi connectivity index (χ0) is 18.1. The van der Waals surface area contributed by atoms with Crippen LogP contribution in [0.2, 0.25) is 0 Å². The number of benzene rings is 1. The largest absolute Gasteiger partial charge is 0.352 e. The summed E-state index contributed by atoms with van der Waals surface area (Å²) >= 11 is 0. The van der Waals surface area contributed by atoms with Crippen molar-refractivity contribution in [2.75, 3.05) is 31.1 Å². The third-order valence-corrected chi connectivity index (χ3v) is 6.89. The summed E-state index contributed by atoms with van der Waals surface area (Å²) in [6.45, 7) is 1.86. The molecule has 0 unspecified atom stereocenters. The van der Waals surface area contributed by atoms with E-state index in [9.17, 15) is 12.8 Å². The first-order chi connectivity index (χ1) is 12.5. The van der Waals surface area contributed by atoms with Gasteiger partial charge in [-0.05, 0) is 37.0 Å². The number of aromatic nitrogens is 2. The van der Waals surface area contributed by atoms with Crippen LogP contribution in [0.25, 0.3) is 0 Å². The highest BCUT2D eigenvalue weighted by atomic mass is 32.2. The Morgan fingerprint density at radius 3 is 2.58 bits per heavy atom. The molecule has 1 aromatic carbocycles. The molecule has 0 spiro atoms. The van der Waals surface area contributed by atoms with Crippen LogP contribution >= 0.6 is 0 Å². The SMILES string of the molecule is O=S(=O)(Cc1ccccc1F)N1CCN(c2cc3c(nn2)CCC3)CC1. The van der Waals surface area contributed by atoms with E-state index in [0.717, 1.165) is 30.8 Å². The summed E-state index contributed by atoms with van der Waals surface area (Å²) in [5.74, 6) is 0.0260. The molecule has 0 bridgehead atoms. The van der Waals surface area contributed by atoms with E-state index in [-0.39, 0.29) is 11.3 Å². The fraction of sp³-hybridized carbons (Fsp3) is 0.444. The number of fused-ring (bicyclic) bond motifs is 1. The standard InChI is InChI=1S/C18H21FN4O2S/c19-16-6-2-1-4-15(16)13-26(24,25)23-10-8-22(9-11-23)18-12-14-5-3-7-17(14)20-21-18/h1-2,4,6,12H,3,5,7-11,13H2. The molecule has 2 aromatic rings. The summed E-state index contributed by atoms with van der Waals surface area (Å²) in [6.07, 6.45) is 3.15. The number of sulfonamides is 1. The van der Waals surface area contributed by atoms with E-state index in [0.29, 0.717) is 26.2 Å². The van der Waals surface area contributed by atoms with Crippen molar-refractivity contribution in [3.05, 3.63) is 53.0 Å². The Kier molecular flexibility index (Phi) is 4.62. The van der Waals surface area contributed by atoms with Crippen molar-refractivity contribution in [3.63, 3.8) is 0 Å². The van der Waals surface area contributed by atoms with Gasteiger partial charge in [0.2, 0.25) is 10.0 Å². The van der Waals surface area contributed by atoms with Gasteiger partial charge in [0.15, 0.2) is 5.82 Å². The molecule has 26 heavy (non-hydrogen) atoms. The fourth-order valence-corrected chi connectivity index (χ4v) is 5.10. The Labute approximate surface area is 152 Å². The Bertz CT molecular complexity index is 911. The lowest BCUT2D eigenvalue weighted by atomic mass is 10.2. The van der Waals surface area contributed by atoms with Crippen molar-refractivity contribution >= 4 is 15.8 Å². The number of anilines is 1. The summed E-state index contributed by atoms with van der Waals surface area (Å²) in [5.41, 5.74) is 2.55. The second-order valence-corrected chi connectivity index (χ2v) is 8.73. The van der Waals surface area contributed by atoms with E-state index in [4.69, 9.17) is 0 Å². The van der Waals surface area contributed by atoms with Crippen molar-refractivity contribution in [1.29, 1.82) is 0 Å². The van der Waals surface area contributed by atoms with E-state index in [1.165, 1.54) is 22.0 Å². The van der Waals surface area contributed by atoms with Gasteiger partial charge in [-0.3, -0.25) is 0 Å². The number of hydrogen-bond donors (Lipinski definition) is 0. The molecule has 0 atom stereocenters. The van der Waals surface area contributed by atoms with Gasteiger partial charge in [0.05, 0.1) is 11.4 Å². The van der Waals surface area contributed by atoms with E-state index in [2.05, 4.69) is 21.2 Å². The van der Waals surface area contributed by atoms with Gasteiger partial charge in [0.25, 0.3) is 0 Å². The monoisotopic (exact) mass is 376 g/mol. The van der Waals surface area contributed by atoms with Crippen LogP contribution in [0.1, 0.15) is 23.2 Å². The zero-order valence-corrected chi connectivity index (χ0v) is 15.3. The Hall–Kier alpha value is -2.06. The van der Waals surface area contributed by atoms with Crippen LogP contribution in [-0.4, -0.2) is 49.1 Å². The minimum atomic E-state index is -3.54. The number of piperazine rings is 1. The van der Waals surface area contributed by atoms with Crippen LogP contribution in [0.5, 0.6) is 0 Å². The third-order valence-electron chi connectivity index (χ3n) is 5.06. The van der Waals surface area contributed by atoms with Crippen LogP contribution in [0.15, 0.2) is 30.3 Å². The molecule has 1 aliphatic heterocycles. The zero-order valence-electron chi connectivity index (χ0n) is 14.4. The predicted octanol–water partition coefficient (Wildman–Crippen LogP) is 1.76. The van der Waals surface area contributed by atoms with Crippen molar-refractivity contribution in [1.82, 2.24) is 14.5 Å². The van der Waals surface area contributed by atoms with Crippen molar-refractivity contribution in [2.45, 2.75) is 25.0 Å². The van der Waals surface area contributed by atoms with Gasteiger partial charge in [-0.2, -0.15) is 9.40 Å². The molecule has 0 radical (unpaired) electrons. The number of rotatable bonds is 4. The maximum absolute atomic E-state index is 13.8. The number of halogens is 1. The summed E-state index contributed by atoms with van der Waals surface area (Å²) in [5, 5.41) is 8.60. The quantitative estimate of drug-likeness (QED) is 0.813. The Morgan fingerprint density at radius 2 is 1.81 bits per heavy atom. The van der Waals surface area contributed by atoms with Crippen molar-refractivity contribution < 1.29 is 12.8 Å². The van der Waals surface area contributed by atoms with Gasteiger partial charge in [0.1, 0.15) is 5.82 Å². The first-order valence-electron chi connectivity index (χ1n) is 8.84. The molecule has 2 aliphatic rings. The lowest BCUT2D eigenvalue weighted by Gasteiger charge is -2.34. The molecule has 138 valence electrons. The minimum absolute atomic E-state index is 0.208. The molecule has 1 fully saturated rings. The summed E-state index contributed by atoms with van der Waals surface area (Å²) in [6, 6.07) is 8.09. The van der Waals surface area contributed by atoms with Crippen LogP contribution in [0.3, 0.4) is 0 Å². The fourth-order valence-electron chi connectivity index (χ4n) is 3.57. The summed E-state index contributed by atoms with van der Waals surface area (Å²) < 4.78 is 40.4. The highest BCUT2D eigenvalue weighted by molar-refractivity contribution is 7.88. The number of hydrogen-bond acceptors (Lipinski definition) is 5. The first-order valence-corrected chi connectivity index (χ1v) is 10.5. The summed E-state index contributed by atoms with van der Waals surface area (Å²) in [4.78, 5) is 2.07. The highest BCUT2D eigenvalue weighted by Crippen LogP contribution is 2.24. The molecule has 2 heterocycles. The number of nitrogens with zero attached hydrogens (tertiary/aromatic N) is 4. The number of aryl methyl sites for hydroxylation is 2. The molecule has 4 rings (SSSR count). The highest BCUT2D eigenvalue weighted by Gasteiger charge is 2.29. The molecule has 0 saturated carbocycles. The summed E-state index contributed by atoms with van der Waals surface area (Å²) in [7, 11) is -3.54. The van der Waals surface area contributed by atoms with E-state index >= 15 is 0 Å². The maximum atomic E-state index is 13.8. The minimum Gasteiger partial charge on any atom is -0.352 e. The molecule has 0 N–H and O–H groups in total. The Morgan fingerprint density at radius 1 is 1.04 bits per heavy atom. The maximum Gasteiger partial charge on any atom is 0.218 e. The van der Waals surface area contributed by atoms with E-state index in [1.807, 2.05) is 0 Å². The first kappa shape index (κ1) is 17.4. The normalized spacial score (nSPS) is 18.1. The Balaban J connectivity index is 1.42. The average molecular weight is 376 g/mol. The molecule has 1 aliphatic carbocycles. The van der Waals surface area contributed by atoms with Crippen LogP contribution < -0.4 is 4.90 Å². The topological polar surface area (TPSA) is 66.4 Å². The lowest BCUT2D eigenvalue weighted by molar-refractivity contribution is 0.382. The second-order valence-electron chi connectivity index (χ2n) is 6.76. The average Bonchev–Trinajstić information content (AvgIpc) is 3.11. The smallest absolute Gasteiger partial charge is 0.218 e. The van der Waals surface area contributed by atoms with Crippen LogP contribution in [-0.2, 0) is 28.6 Å². The van der Waals surface area contributed by atoms with Gasteiger partial charge < -0.3 is 4.90 Å². The molecule has 8 heteroatoms. The van der Waals surface area contributed by atoms with E-state index in [1.54, 1.807) is 12.1 Å². The third kappa shape index (κ3) is 3.43. The molecular formula is C18H21FN4O2S. The molecule has 1 saturated heterocycles. The van der Waals surface area contributed by atoms with Crippen molar-refractivity contribution in [2.24, 2.45) is 0 Å². The molecular weight excluding hydrogens is 355 g/mol.